The average molecular weight is 393 g/mol. The number of rotatable bonds is 9. The molecule has 0 nitrogen and oxygen atoms in total. The fourth-order valence-corrected chi connectivity index (χ4v) is 3.74. The fourth-order valence-electron chi connectivity index (χ4n) is 3.74. The van der Waals surface area contributed by atoms with E-state index in [9.17, 15) is 8.78 Å². The van der Waals surface area contributed by atoms with Crippen molar-refractivity contribution in [2.75, 3.05) is 0 Å². The van der Waals surface area contributed by atoms with Gasteiger partial charge in [-0.25, -0.2) is 8.78 Å². The lowest BCUT2D eigenvalue weighted by atomic mass is 9.97. The average Bonchev–Trinajstić information content (AvgIpc) is 2.75. The van der Waals surface area contributed by atoms with Gasteiger partial charge in [-0.05, 0) is 47.1 Å². The molecule has 0 atom stereocenters. The molecule has 0 aliphatic heterocycles. The smallest absolute Gasteiger partial charge is 0.166 e. The van der Waals surface area contributed by atoms with Gasteiger partial charge >= 0.3 is 0 Å². The van der Waals surface area contributed by atoms with E-state index in [1.54, 1.807) is 12.1 Å². The maximum absolute atomic E-state index is 14.5. The van der Waals surface area contributed by atoms with E-state index in [1.807, 2.05) is 31.2 Å². The monoisotopic (exact) mass is 392 g/mol. The summed E-state index contributed by atoms with van der Waals surface area (Å²) in [7, 11) is 0. The Balaban J connectivity index is 1.73. The number of hydrogen-bond donors (Lipinski definition) is 0. The largest absolute Gasteiger partial charge is 0.203 e. The van der Waals surface area contributed by atoms with Crippen LogP contribution in [0.2, 0.25) is 0 Å². The first-order valence-electron chi connectivity index (χ1n) is 10.8. The van der Waals surface area contributed by atoms with Crippen LogP contribution in [0.15, 0.2) is 60.7 Å². The van der Waals surface area contributed by atoms with Gasteiger partial charge in [-0.1, -0.05) is 100 Å². The van der Waals surface area contributed by atoms with Crippen LogP contribution in [0.4, 0.5) is 8.78 Å². The van der Waals surface area contributed by atoms with E-state index in [1.165, 1.54) is 31.2 Å². The summed E-state index contributed by atoms with van der Waals surface area (Å²) in [6.07, 6.45) is 7.55. The molecule has 3 aromatic rings. The van der Waals surface area contributed by atoms with E-state index in [4.69, 9.17) is 0 Å². The third-order valence-electron chi connectivity index (χ3n) is 5.48. The zero-order chi connectivity index (χ0) is 20.6. The van der Waals surface area contributed by atoms with Gasteiger partial charge in [0.2, 0.25) is 0 Å². The molecule has 2 heteroatoms. The SMILES string of the molecule is CCCCCCc1ccc(-c2ccc(-c3ccc(CCC)c(F)c3F)cc2)cc1. The molecular formula is C27H30F2. The van der Waals surface area contributed by atoms with Crippen molar-refractivity contribution in [2.24, 2.45) is 0 Å². The van der Waals surface area contributed by atoms with Crippen molar-refractivity contribution in [3.8, 4) is 22.3 Å². The Labute approximate surface area is 173 Å². The van der Waals surface area contributed by atoms with Crippen LogP contribution < -0.4 is 0 Å². The van der Waals surface area contributed by atoms with E-state index in [0.29, 0.717) is 23.1 Å². The third-order valence-corrected chi connectivity index (χ3v) is 5.48. The zero-order valence-electron chi connectivity index (χ0n) is 17.5. The molecule has 0 aliphatic rings. The van der Waals surface area contributed by atoms with Crippen LogP contribution in [-0.4, -0.2) is 0 Å². The summed E-state index contributed by atoms with van der Waals surface area (Å²) in [5.74, 6) is -1.47. The lowest BCUT2D eigenvalue weighted by Gasteiger charge is -2.10. The lowest BCUT2D eigenvalue weighted by molar-refractivity contribution is 0.500. The molecule has 0 N–H and O–H groups in total. The molecule has 0 bridgehead atoms. The second-order valence-electron chi connectivity index (χ2n) is 7.74. The maximum atomic E-state index is 14.5. The fraction of sp³-hybridized carbons (Fsp3) is 0.333. The normalized spacial score (nSPS) is 11.0. The topological polar surface area (TPSA) is 0 Å². The van der Waals surface area contributed by atoms with Gasteiger partial charge in [0.15, 0.2) is 11.6 Å². The quantitative estimate of drug-likeness (QED) is 0.321. The summed E-state index contributed by atoms with van der Waals surface area (Å²) in [5, 5.41) is 0. The standard InChI is InChI=1S/C27H30F2/c1-3-5-6-7-9-20-10-12-21(13-11-20)22-14-16-23(17-15-22)25-19-18-24(8-4-2)26(28)27(25)29/h10-19H,3-9H2,1-2H3. The minimum atomic E-state index is -0.754. The predicted octanol–water partition coefficient (Wildman–Crippen LogP) is 8.37. The number of hydrogen-bond acceptors (Lipinski definition) is 0. The van der Waals surface area contributed by atoms with E-state index in [-0.39, 0.29) is 0 Å². The third kappa shape index (κ3) is 5.32. The van der Waals surface area contributed by atoms with Gasteiger partial charge in [0.25, 0.3) is 0 Å². The van der Waals surface area contributed by atoms with Crippen molar-refractivity contribution < 1.29 is 8.78 Å². The first kappa shape index (κ1) is 21.2. The van der Waals surface area contributed by atoms with Gasteiger partial charge in [-0.2, -0.15) is 0 Å². The molecule has 0 amide bonds. The Bertz CT molecular complexity index is 909. The summed E-state index contributed by atoms with van der Waals surface area (Å²) >= 11 is 0. The molecule has 0 aromatic heterocycles. The van der Waals surface area contributed by atoms with Crippen molar-refractivity contribution in [2.45, 2.75) is 58.8 Å². The molecule has 0 spiro atoms. The van der Waals surface area contributed by atoms with Crippen molar-refractivity contribution in [3.05, 3.63) is 83.4 Å². The Kier molecular flexibility index (Phi) is 7.57. The molecule has 3 rings (SSSR count). The molecule has 3 aromatic carbocycles. The number of aryl methyl sites for hydroxylation is 2. The first-order chi connectivity index (χ1) is 14.1. The number of benzene rings is 3. The number of unbranched alkanes of at least 4 members (excludes halogenated alkanes) is 3. The molecule has 0 unspecified atom stereocenters. The highest BCUT2D eigenvalue weighted by Gasteiger charge is 2.14. The van der Waals surface area contributed by atoms with Crippen molar-refractivity contribution in [3.63, 3.8) is 0 Å². The van der Waals surface area contributed by atoms with Crippen LogP contribution in [0.1, 0.15) is 57.1 Å². The van der Waals surface area contributed by atoms with Gasteiger partial charge in [0, 0.05) is 5.56 Å². The molecule has 152 valence electrons. The minimum absolute atomic E-state index is 0.316. The highest BCUT2D eigenvalue weighted by Crippen LogP contribution is 2.29. The highest BCUT2D eigenvalue weighted by molar-refractivity contribution is 5.71. The number of halogens is 2. The Hall–Kier alpha value is -2.48. The summed E-state index contributed by atoms with van der Waals surface area (Å²) in [6.45, 7) is 4.19. The zero-order valence-corrected chi connectivity index (χ0v) is 17.5. The van der Waals surface area contributed by atoms with Crippen LogP contribution in [0.5, 0.6) is 0 Å². The molecule has 0 fully saturated rings. The molecule has 0 radical (unpaired) electrons. The minimum Gasteiger partial charge on any atom is -0.203 e. The predicted molar refractivity (Wildman–Crippen MR) is 119 cm³/mol. The summed E-state index contributed by atoms with van der Waals surface area (Å²) in [4.78, 5) is 0. The maximum Gasteiger partial charge on any atom is 0.166 e. The summed E-state index contributed by atoms with van der Waals surface area (Å²) < 4.78 is 28.8. The van der Waals surface area contributed by atoms with E-state index in [0.717, 1.165) is 24.0 Å². The van der Waals surface area contributed by atoms with Crippen molar-refractivity contribution >= 4 is 0 Å². The van der Waals surface area contributed by atoms with E-state index < -0.39 is 11.6 Å². The highest BCUT2D eigenvalue weighted by atomic mass is 19.2. The molecule has 0 saturated carbocycles. The molecule has 0 aliphatic carbocycles. The molecule has 0 saturated heterocycles. The molecule has 0 heterocycles. The Morgan fingerprint density at radius 3 is 1.79 bits per heavy atom. The van der Waals surface area contributed by atoms with Crippen LogP contribution in [0.25, 0.3) is 22.3 Å². The van der Waals surface area contributed by atoms with Crippen molar-refractivity contribution in [1.82, 2.24) is 0 Å². The van der Waals surface area contributed by atoms with Crippen LogP contribution in [0.3, 0.4) is 0 Å². The van der Waals surface area contributed by atoms with Gasteiger partial charge in [-0.3, -0.25) is 0 Å². The van der Waals surface area contributed by atoms with Gasteiger partial charge < -0.3 is 0 Å². The van der Waals surface area contributed by atoms with Crippen LogP contribution in [0, 0.1) is 11.6 Å². The van der Waals surface area contributed by atoms with E-state index >= 15 is 0 Å². The second kappa shape index (κ2) is 10.3. The van der Waals surface area contributed by atoms with Gasteiger partial charge in [0.1, 0.15) is 0 Å². The summed E-state index contributed by atoms with van der Waals surface area (Å²) in [6, 6.07) is 19.7. The lowest BCUT2D eigenvalue weighted by Crippen LogP contribution is -1.97. The van der Waals surface area contributed by atoms with Crippen molar-refractivity contribution in [1.29, 1.82) is 0 Å². The molecule has 29 heavy (non-hydrogen) atoms. The van der Waals surface area contributed by atoms with Gasteiger partial charge in [-0.15, -0.1) is 0 Å². The Morgan fingerprint density at radius 2 is 1.17 bits per heavy atom. The Morgan fingerprint density at radius 1 is 0.552 bits per heavy atom. The summed E-state index contributed by atoms with van der Waals surface area (Å²) in [5.41, 5.74) is 5.04. The van der Waals surface area contributed by atoms with Crippen LogP contribution in [-0.2, 0) is 12.8 Å². The first-order valence-corrected chi connectivity index (χ1v) is 10.8. The van der Waals surface area contributed by atoms with E-state index in [2.05, 4.69) is 31.2 Å². The molecular weight excluding hydrogens is 362 g/mol. The second-order valence-corrected chi connectivity index (χ2v) is 7.74. The van der Waals surface area contributed by atoms with Crippen LogP contribution >= 0.6 is 0 Å². The van der Waals surface area contributed by atoms with Gasteiger partial charge in [0.05, 0.1) is 0 Å².